The summed E-state index contributed by atoms with van der Waals surface area (Å²) in [7, 11) is 0. The van der Waals surface area contributed by atoms with Gasteiger partial charge in [-0.2, -0.15) is 0 Å². The van der Waals surface area contributed by atoms with E-state index in [-0.39, 0.29) is 0 Å². The number of rotatable bonds is 6. The van der Waals surface area contributed by atoms with Crippen LogP contribution in [0, 0.1) is 0 Å². The van der Waals surface area contributed by atoms with E-state index < -0.39 is 11.1 Å². The molecule has 0 aliphatic carbocycles. The molecule has 1 unspecified atom stereocenters. The van der Waals surface area contributed by atoms with Gasteiger partial charge >= 0.3 is 0 Å². The van der Waals surface area contributed by atoms with E-state index in [1.807, 2.05) is 0 Å². The molecule has 0 saturated heterocycles. The maximum Gasteiger partial charge on any atom is 0.152 e. The summed E-state index contributed by atoms with van der Waals surface area (Å²) in [5.41, 5.74) is 0. The molecule has 62 valence electrons. The Hall–Kier alpha value is 0.400. The van der Waals surface area contributed by atoms with Gasteiger partial charge in [0.15, 0.2) is 11.1 Å². The summed E-state index contributed by atoms with van der Waals surface area (Å²) in [5, 5.41) is 0. The molecular formula is C6H13ClO2S. The Bertz CT molecular complexity index is 97.7. The fourth-order valence-corrected chi connectivity index (χ4v) is 1.31. The van der Waals surface area contributed by atoms with Gasteiger partial charge in [-0.05, 0) is 12.8 Å². The molecule has 0 aliphatic heterocycles. The van der Waals surface area contributed by atoms with E-state index in [1.165, 1.54) is 0 Å². The van der Waals surface area contributed by atoms with E-state index in [4.69, 9.17) is 16.2 Å². The lowest BCUT2D eigenvalue weighted by atomic mass is 10.2. The summed E-state index contributed by atoms with van der Waals surface area (Å²) in [5.74, 6) is 1.10. The standard InChI is InChI=1S/C6H13ClO2S/c7-5-3-1-2-4-6-10(8)9/h1-6H2,(H,8,9). The van der Waals surface area contributed by atoms with Crippen LogP contribution in [-0.2, 0) is 11.1 Å². The quantitative estimate of drug-likeness (QED) is 0.390. The van der Waals surface area contributed by atoms with Gasteiger partial charge in [-0.3, -0.25) is 0 Å². The molecule has 0 heterocycles. The molecule has 2 nitrogen and oxygen atoms in total. The van der Waals surface area contributed by atoms with Crippen LogP contribution in [0.3, 0.4) is 0 Å². The minimum absolute atomic E-state index is 0.405. The molecule has 0 amide bonds. The van der Waals surface area contributed by atoms with E-state index in [9.17, 15) is 4.21 Å². The van der Waals surface area contributed by atoms with Crippen molar-refractivity contribution in [1.29, 1.82) is 0 Å². The molecule has 1 N–H and O–H groups in total. The smallest absolute Gasteiger partial charge is 0.152 e. The third-order valence-electron chi connectivity index (χ3n) is 1.20. The van der Waals surface area contributed by atoms with Gasteiger partial charge in [-0.1, -0.05) is 12.8 Å². The molecule has 0 aliphatic rings. The number of halogens is 1. The summed E-state index contributed by atoms with van der Waals surface area (Å²) in [6, 6.07) is 0. The van der Waals surface area contributed by atoms with Crippen LogP contribution >= 0.6 is 11.6 Å². The van der Waals surface area contributed by atoms with Crippen LogP contribution < -0.4 is 0 Å². The van der Waals surface area contributed by atoms with Crippen LogP contribution in [0.15, 0.2) is 0 Å². The van der Waals surface area contributed by atoms with E-state index in [1.54, 1.807) is 0 Å². The van der Waals surface area contributed by atoms with E-state index in [0.717, 1.165) is 25.7 Å². The molecule has 0 bridgehead atoms. The molecule has 10 heavy (non-hydrogen) atoms. The molecule has 0 radical (unpaired) electrons. The zero-order chi connectivity index (χ0) is 7.82. The first-order valence-electron chi connectivity index (χ1n) is 3.41. The lowest BCUT2D eigenvalue weighted by Crippen LogP contribution is -1.94. The highest BCUT2D eigenvalue weighted by Gasteiger charge is 1.92. The Labute approximate surface area is 69.2 Å². The largest absolute Gasteiger partial charge is 0.306 e. The van der Waals surface area contributed by atoms with Crippen LogP contribution in [0.2, 0.25) is 0 Å². The summed E-state index contributed by atoms with van der Waals surface area (Å²) in [6.45, 7) is 0. The summed E-state index contributed by atoms with van der Waals surface area (Å²) < 4.78 is 18.5. The Balaban J connectivity index is 2.84. The molecular weight excluding hydrogens is 172 g/mol. The van der Waals surface area contributed by atoms with Crippen molar-refractivity contribution >= 4 is 22.7 Å². The number of alkyl halides is 1. The summed E-state index contributed by atoms with van der Waals surface area (Å²) in [4.78, 5) is 0. The van der Waals surface area contributed by atoms with Crippen molar-refractivity contribution in [3.05, 3.63) is 0 Å². The Morgan fingerprint density at radius 1 is 1.20 bits per heavy atom. The van der Waals surface area contributed by atoms with Gasteiger partial charge in [0, 0.05) is 11.6 Å². The monoisotopic (exact) mass is 184 g/mol. The summed E-state index contributed by atoms with van der Waals surface area (Å²) >= 11 is 3.83. The van der Waals surface area contributed by atoms with E-state index >= 15 is 0 Å². The fourth-order valence-electron chi connectivity index (χ4n) is 0.674. The second-order valence-electron chi connectivity index (χ2n) is 2.13. The van der Waals surface area contributed by atoms with Gasteiger partial charge in [0.1, 0.15) is 0 Å². The first kappa shape index (κ1) is 10.4. The molecule has 0 aromatic rings. The number of hydrogen-bond donors (Lipinski definition) is 1. The third kappa shape index (κ3) is 8.40. The predicted molar refractivity (Wildman–Crippen MR) is 44.8 cm³/mol. The highest BCUT2D eigenvalue weighted by molar-refractivity contribution is 7.79. The molecule has 0 fully saturated rings. The van der Waals surface area contributed by atoms with Crippen molar-refractivity contribution in [2.75, 3.05) is 11.6 Å². The molecule has 0 aromatic carbocycles. The van der Waals surface area contributed by atoms with Crippen LogP contribution in [0.25, 0.3) is 0 Å². The van der Waals surface area contributed by atoms with Gasteiger partial charge in [0.25, 0.3) is 0 Å². The lowest BCUT2D eigenvalue weighted by Gasteiger charge is -1.95. The van der Waals surface area contributed by atoms with Gasteiger partial charge in [-0.25, -0.2) is 4.21 Å². The SMILES string of the molecule is O=S(O)CCCCCCCl. The first-order valence-corrected chi connectivity index (χ1v) is 5.22. The van der Waals surface area contributed by atoms with Crippen molar-refractivity contribution in [3.8, 4) is 0 Å². The van der Waals surface area contributed by atoms with Crippen LogP contribution in [-0.4, -0.2) is 20.4 Å². The van der Waals surface area contributed by atoms with Crippen molar-refractivity contribution in [1.82, 2.24) is 0 Å². The first-order chi connectivity index (χ1) is 4.77. The van der Waals surface area contributed by atoms with Crippen molar-refractivity contribution < 1.29 is 8.76 Å². The van der Waals surface area contributed by atoms with Crippen molar-refractivity contribution in [3.63, 3.8) is 0 Å². The maximum absolute atomic E-state index is 10.1. The van der Waals surface area contributed by atoms with Crippen molar-refractivity contribution in [2.24, 2.45) is 0 Å². The fraction of sp³-hybridized carbons (Fsp3) is 1.00. The highest BCUT2D eigenvalue weighted by atomic mass is 35.5. The second kappa shape index (κ2) is 7.51. The van der Waals surface area contributed by atoms with Crippen LogP contribution in [0.5, 0.6) is 0 Å². The minimum atomic E-state index is -1.60. The molecule has 0 saturated carbocycles. The van der Waals surface area contributed by atoms with Gasteiger partial charge < -0.3 is 4.55 Å². The van der Waals surface area contributed by atoms with E-state index in [2.05, 4.69) is 0 Å². The highest BCUT2D eigenvalue weighted by Crippen LogP contribution is 2.01. The van der Waals surface area contributed by atoms with Gasteiger partial charge in [0.2, 0.25) is 0 Å². The maximum atomic E-state index is 10.1. The zero-order valence-corrected chi connectivity index (χ0v) is 7.46. The Morgan fingerprint density at radius 3 is 2.30 bits per heavy atom. The van der Waals surface area contributed by atoms with Crippen LogP contribution in [0.4, 0.5) is 0 Å². The molecule has 0 spiro atoms. The van der Waals surface area contributed by atoms with E-state index in [0.29, 0.717) is 11.6 Å². The lowest BCUT2D eigenvalue weighted by molar-refractivity contribution is 0.558. The minimum Gasteiger partial charge on any atom is -0.306 e. The normalized spacial score (nSPS) is 13.4. The molecule has 4 heteroatoms. The van der Waals surface area contributed by atoms with Crippen LogP contribution in [0.1, 0.15) is 25.7 Å². The third-order valence-corrected chi connectivity index (χ3v) is 2.11. The zero-order valence-electron chi connectivity index (χ0n) is 5.88. The molecule has 0 aromatic heterocycles. The van der Waals surface area contributed by atoms with Gasteiger partial charge in [0.05, 0.1) is 0 Å². The molecule has 0 rings (SSSR count). The average Bonchev–Trinajstić information content (AvgIpc) is 1.87. The number of unbranched alkanes of at least 4 members (excludes halogenated alkanes) is 3. The number of hydrogen-bond acceptors (Lipinski definition) is 1. The predicted octanol–water partition coefficient (Wildman–Crippen LogP) is 2.01. The Morgan fingerprint density at radius 2 is 1.80 bits per heavy atom. The molecule has 1 atom stereocenters. The van der Waals surface area contributed by atoms with Gasteiger partial charge in [-0.15, -0.1) is 11.6 Å². The van der Waals surface area contributed by atoms with Crippen molar-refractivity contribution in [2.45, 2.75) is 25.7 Å². The average molecular weight is 185 g/mol. The topological polar surface area (TPSA) is 37.3 Å². The summed E-state index contributed by atoms with van der Waals surface area (Å²) in [6.07, 6.45) is 3.93. The Kier molecular flexibility index (Phi) is 7.81. The second-order valence-corrected chi connectivity index (χ2v) is 3.56.